The first-order valence-electron chi connectivity index (χ1n) is 4.83. The van der Waals surface area contributed by atoms with Gasteiger partial charge in [-0.2, -0.15) is 4.57 Å². The zero-order chi connectivity index (χ0) is 10.7. The van der Waals surface area contributed by atoms with E-state index in [2.05, 4.69) is 0 Å². The number of carbonyl (C=O) groups is 1. The van der Waals surface area contributed by atoms with E-state index in [0.717, 1.165) is 5.56 Å². The molecule has 1 heterocycles. The lowest BCUT2D eigenvalue weighted by Gasteiger charge is -1.98. The molecule has 0 N–H and O–H groups in total. The number of ketones is 1. The molecule has 0 aliphatic rings. The summed E-state index contributed by atoms with van der Waals surface area (Å²) in [7, 11) is 1.87. The normalized spacial score (nSPS) is 9.93. The molecule has 0 radical (unpaired) electrons. The number of aromatic nitrogens is 1. The highest BCUT2D eigenvalue weighted by molar-refractivity contribution is 6.06. The van der Waals surface area contributed by atoms with Gasteiger partial charge >= 0.3 is 0 Å². The van der Waals surface area contributed by atoms with E-state index < -0.39 is 0 Å². The SMILES string of the molecule is C[n+]1ccccc1C(=O)c1ccccc1. The minimum Gasteiger partial charge on any atom is -0.282 e. The Hall–Kier alpha value is -1.96. The van der Waals surface area contributed by atoms with Crippen LogP contribution in [0.4, 0.5) is 0 Å². The van der Waals surface area contributed by atoms with Crippen molar-refractivity contribution in [2.24, 2.45) is 7.05 Å². The summed E-state index contributed by atoms with van der Waals surface area (Å²) >= 11 is 0. The van der Waals surface area contributed by atoms with E-state index in [9.17, 15) is 4.79 Å². The summed E-state index contributed by atoms with van der Waals surface area (Å²) in [5, 5.41) is 0. The minimum atomic E-state index is 0.0544. The van der Waals surface area contributed by atoms with E-state index >= 15 is 0 Å². The Bertz CT molecular complexity index is 477. The Morgan fingerprint density at radius 1 is 1.00 bits per heavy atom. The number of hydrogen-bond acceptors (Lipinski definition) is 1. The second-order valence-corrected chi connectivity index (χ2v) is 3.39. The number of rotatable bonds is 2. The van der Waals surface area contributed by atoms with E-state index in [1.54, 1.807) is 0 Å². The molecule has 2 rings (SSSR count). The van der Waals surface area contributed by atoms with Crippen LogP contribution >= 0.6 is 0 Å². The molecule has 1 aromatic heterocycles. The standard InChI is InChI=1S/C13H12NO/c1-14-10-6-5-9-12(14)13(15)11-7-3-2-4-8-11/h2-10H,1H3/q+1. The Balaban J connectivity index is 2.42. The molecule has 1 aromatic carbocycles. The Morgan fingerprint density at radius 2 is 1.67 bits per heavy atom. The van der Waals surface area contributed by atoms with Crippen LogP contribution in [0.2, 0.25) is 0 Å². The number of hydrogen-bond donors (Lipinski definition) is 0. The van der Waals surface area contributed by atoms with Gasteiger partial charge in [0.1, 0.15) is 7.05 Å². The lowest BCUT2D eigenvalue weighted by atomic mass is 10.1. The van der Waals surface area contributed by atoms with E-state index in [1.807, 2.05) is 66.3 Å². The van der Waals surface area contributed by atoms with Crippen molar-refractivity contribution in [1.29, 1.82) is 0 Å². The zero-order valence-corrected chi connectivity index (χ0v) is 8.55. The van der Waals surface area contributed by atoms with Crippen LogP contribution in [-0.4, -0.2) is 5.78 Å². The highest BCUT2D eigenvalue weighted by Crippen LogP contribution is 2.05. The molecule has 0 spiro atoms. The second kappa shape index (κ2) is 4.05. The summed E-state index contributed by atoms with van der Waals surface area (Å²) in [6, 6.07) is 14.9. The molecule has 0 unspecified atom stereocenters. The third-order valence-electron chi connectivity index (χ3n) is 2.32. The van der Waals surface area contributed by atoms with Crippen molar-refractivity contribution < 1.29 is 9.36 Å². The number of aryl methyl sites for hydroxylation is 1. The fourth-order valence-electron chi connectivity index (χ4n) is 1.50. The summed E-state index contributed by atoms with van der Waals surface area (Å²) < 4.78 is 1.83. The number of nitrogens with zero attached hydrogens (tertiary/aromatic N) is 1. The van der Waals surface area contributed by atoms with Crippen molar-refractivity contribution in [3.8, 4) is 0 Å². The van der Waals surface area contributed by atoms with Gasteiger partial charge in [-0.3, -0.25) is 4.79 Å². The molecule has 2 nitrogen and oxygen atoms in total. The van der Waals surface area contributed by atoms with Crippen molar-refractivity contribution in [2.75, 3.05) is 0 Å². The molecule has 15 heavy (non-hydrogen) atoms. The topological polar surface area (TPSA) is 20.9 Å². The van der Waals surface area contributed by atoms with Gasteiger partial charge in [-0.05, 0) is 6.07 Å². The van der Waals surface area contributed by atoms with Crippen LogP contribution in [0.25, 0.3) is 0 Å². The average molecular weight is 198 g/mol. The van der Waals surface area contributed by atoms with E-state index in [0.29, 0.717) is 5.69 Å². The quantitative estimate of drug-likeness (QED) is 0.532. The van der Waals surface area contributed by atoms with Crippen molar-refractivity contribution >= 4 is 5.78 Å². The van der Waals surface area contributed by atoms with Crippen LogP contribution in [-0.2, 0) is 7.05 Å². The summed E-state index contributed by atoms with van der Waals surface area (Å²) in [4.78, 5) is 12.0. The molecular formula is C13H12NO+. The molecule has 2 aromatic rings. The van der Waals surface area contributed by atoms with Gasteiger partial charge in [0.25, 0.3) is 11.5 Å². The Morgan fingerprint density at radius 3 is 2.33 bits per heavy atom. The molecule has 0 bridgehead atoms. The Labute approximate surface area is 88.8 Å². The van der Waals surface area contributed by atoms with Crippen molar-refractivity contribution in [3.05, 3.63) is 66.0 Å². The van der Waals surface area contributed by atoms with Crippen LogP contribution in [0, 0.1) is 0 Å². The fourth-order valence-corrected chi connectivity index (χ4v) is 1.50. The van der Waals surface area contributed by atoms with E-state index in [1.165, 1.54) is 0 Å². The van der Waals surface area contributed by atoms with Gasteiger partial charge in [0.05, 0.1) is 0 Å². The zero-order valence-electron chi connectivity index (χ0n) is 8.55. The molecule has 2 heteroatoms. The van der Waals surface area contributed by atoms with Gasteiger partial charge < -0.3 is 0 Å². The van der Waals surface area contributed by atoms with Crippen LogP contribution in [0.1, 0.15) is 16.1 Å². The summed E-state index contributed by atoms with van der Waals surface area (Å²) in [6.07, 6.45) is 1.87. The van der Waals surface area contributed by atoms with Gasteiger partial charge in [0.15, 0.2) is 6.20 Å². The third-order valence-corrected chi connectivity index (χ3v) is 2.32. The van der Waals surface area contributed by atoms with Crippen LogP contribution < -0.4 is 4.57 Å². The van der Waals surface area contributed by atoms with Crippen molar-refractivity contribution in [3.63, 3.8) is 0 Å². The van der Waals surface area contributed by atoms with Gasteiger partial charge in [-0.25, -0.2) is 0 Å². The lowest BCUT2D eigenvalue weighted by Crippen LogP contribution is -2.35. The molecule has 0 aliphatic heterocycles. The second-order valence-electron chi connectivity index (χ2n) is 3.39. The van der Waals surface area contributed by atoms with Crippen molar-refractivity contribution in [1.82, 2.24) is 0 Å². The average Bonchev–Trinajstić information content (AvgIpc) is 2.30. The third kappa shape index (κ3) is 1.94. The number of carbonyl (C=O) groups excluding carboxylic acids is 1. The first-order valence-corrected chi connectivity index (χ1v) is 4.83. The molecule has 0 amide bonds. The fraction of sp³-hybridized carbons (Fsp3) is 0.0769. The smallest absolute Gasteiger partial charge is 0.256 e. The lowest BCUT2D eigenvalue weighted by molar-refractivity contribution is -0.673. The van der Waals surface area contributed by atoms with Gasteiger partial charge in [-0.15, -0.1) is 0 Å². The molecule has 0 fully saturated rings. The highest BCUT2D eigenvalue weighted by Gasteiger charge is 2.16. The predicted octanol–water partition coefficient (Wildman–Crippen LogP) is 1.74. The Kier molecular flexibility index (Phi) is 2.59. The summed E-state index contributed by atoms with van der Waals surface area (Å²) in [6.45, 7) is 0. The van der Waals surface area contributed by atoms with Crippen LogP contribution in [0.5, 0.6) is 0 Å². The molecular weight excluding hydrogens is 186 g/mol. The molecule has 0 saturated carbocycles. The maximum atomic E-state index is 12.0. The van der Waals surface area contributed by atoms with E-state index in [4.69, 9.17) is 0 Å². The minimum absolute atomic E-state index is 0.0544. The largest absolute Gasteiger partial charge is 0.282 e. The maximum absolute atomic E-state index is 12.0. The van der Waals surface area contributed by atoms with Crippen molar-refractivity contribution in [2.45, 2.75) is 0 Å². The van der Waals surface area contributed by atoms with Gasteiger partial charge in [0.2, 0.25) is 0 Å². The predicted molar refractivity (Wildman–Crippen MR) is 57.5 cm³/mol. The monoisotopic (exact) mass is 198 g/mol. The molecule has 74 valence electrons. The summed E-state index contributed by atoms with van der Waals surface area (Å²) in [5.74, 6) is 0.0544. The number of pyridine rings is 1. The first-order chi connectivity index (χ1) is 7.29. The highest BCUT2D eigenvalue weighted by atomic mass is 16.1. The van der Waals surface area contributed by atoms with Crippen LogP contribution in [0.3, 0.4) is 0 Å². The van der Waals surface area contributed by atoms with Crippen LogP contribution in [0.15, 0.2) is 54.7 Å². The van der Waals surface area contributed by atoms with Gasteiger partial charge in [-0.1, -0.05) is 30.3 Å². The maximum Gasteiger partial charge on any atom is 0.256 e. The molecule has 0 atom stereocenters. The first kappa shape index (κ1) is 9.59. The molecule has 0 saturated heterocycles. The van der Waals surface area contributed by atoms with E-state index in [-0.39, 0.29) is 5.78 Å². The molecule has 0 aliphatic carbocycles. The summed E-state index contributed by atoms with van der Waals surface area (Å²) in [5.41, 5.74) is 1.42. The van der Waals surface area contributed by atoms with Gasteiger partial charge in [0, 0.05) is 17.7 Å². The number of benzene rings is 1.